The summed E-state index contributed by atoms with van der Waals surface area (Å²) in [6, 6.07) is 16.1. The number of alkyl carbamates (subject to hydrolysis) is 1. The molecule has 0 aromatic heterocycles. The molecule has 5 rings (SSSR count). The number of carboxylic acid groups (broad SMARTS) is 1. The predicted octanol–water partition coefficient (Wildman–Crippen LogP) is 4.23. The maximum Gasteiger partial charge on any atom is 0.407 e. The number of carbonyl (C=O) groups excluding carboxylic acids is 2. The van der Waals surface area contributed by atoms with E-state index in [1.807, 2.05) is 36.4 Å². The van der Waals surface area contributed by atoms with Crippen LogP contribution < -0.4 is 10.6 Å². The highest BCUT2D eigenvalue weighted by Gasteiger charge is 2.34. The van der Waals surface area contributed by atoms with Crippen molar-refractivity contribution in [3.63, 3.8) is 0 Å². The minimum atomic E-state index is -0.832. The summed E-state index contributed by atoms with van der Waals surface area (Å²) in [5.41, 5.74) is 4.70. The number of hydrogen-bond acceptors (Lipinski definition) is 4. The first-order valence-corrected chi connectivity index (χ1v) is 12.3. The van der Waals surface area contributed by atoms with E-state index in [1.54, 1.807) is 0 Å². The van der Waals surface area contributed by atoms with Crippen LogP contribution in [-0.4, -0.2) is 41.8 Å². The van der Waals surface area contributed by atoms with Gasteiger partial charge in [-0.2, -0.15) is 0 Å². The van der Waals surface area contributed by atoms with Gasteiger partial charge in [-0.25, -0.2) is 4.79 Å². The zero-order valence-corrected chi connectivity index (χ0v) is 19.5. The minimum Gasteiger partial charge on any atom is -0.481 e. The largest absolute Gasteiger partial charge is 0.481 e. The number of benzene rings is 2. The fourth-order valence-electron chi connectivity index (χ4n) is 5.66. The average molecular weight is 475 g/mol. The fourth-order valence-corrected chi connectivity index (χ4v) is 5.66. The molecule has 4 atom stereocenters. The number of hydrogen-bond donors (Lipinski definition) is 3. The molecule has 35 heavy (non-hydrogen) atoms. The van der Waals surface area contributed by atoms with Crippen LogP contribution in [-0.2, 0) is 14.3 Å². The standard InChI is InChI=1S/C28H30N2O5/c31-26(29-19-7-5-6-18(15-19)27(32)33)17-12-13-20(14-17)30-28(34)35-16-25-23-10-3-1-8-21(23)22-9-2-4-11-24(22)25/h1-5,7-11,17-20,25H,6,12-16H2,(H,29,31)(H,30,34)(H,32,33)/t17-,18?,19?,20+/m1/s1. The van der Waals surface area contributed by atoms with Crippen molar-refractivity contribution in [2.75, 3.05) is 6.61 Å². The van der Waals surface area contributed by atoms with Gasteiger partial charge in [0.1, 0.15) is 6.61 Å². The predicted molar refractivity (Wildman–Crippen MR) is 131 cm³/mol. The minimum absolute atomic E-state index is 0.00781. The molecule has 2 aromatic carbocycles. The summed E-state index contributed by atoms with van der Waals surface area (Å²) >= 11 is 0. The molecule has 2 amide bonds. The SMILES string of the molecule is O=C(N[C@H]1CC[C@@H](C(=O)NC2C=CCC(C(=O)O)C2)C1)OCC1c2ccccc2-c2ccccc21. The molecule has 0 spiro atoms. The second-order valence-electron chi connectivity index (χ2n) is 9.73. The number of rotatable bonds is 6. The molecule has 3 aliphatic rings. The summed E-state index contributed by atoms with van der Waals surface area (Å²) in [6.07, 6.45) is 6.08. The molecule has 7 heteroatoms. The Morgan fingerprint density at radius 1 is 0.886 bits per heavy atom. The van der Waals surface area contributed by atoms with Crippen LogP contribution in [0.4, 0.5) is 4.79 Å². The number of allylic oxidation sites excluding steroid dienone is 1. The second kappa shape index (κ2) is 9.94. The summed E-state index contributed by atoms with van der Waals surface area (Å²) < 4.78 is 5.64. The number of nitrogens with one attached hydrogen (secondary N) is 2. The summed E-state index contributed by atoms with van der Waals surface area (Å²) in [6.45, 7) is 0.259. The Morgan fingerprint density at radius 3 is 2.26 bits per heavy atom. The van der Waals surface area contributed by atoms with Crippen molar-refractivity contribution in [2.45, 2.75) is 50.1 Å². The molecule has 2 unspecified atom stereocenters. The van der Waals surface area contributed by atoms with E-state index >= 15 is 0 Å². The Morgan fingerprint density at radius 2 is 1.57 bits per heavy atom. The molecule has 0 radical (unpaired) electrons. The average Bonchev–Trinajstić information content (AvgIpc) is 3.46. The highest BCUT2D eigenvalue weighted by atomic mass is 16.5. The molecular weight excluding hydrogens is 444 g/mol. The van der Waals surface area contributed by atoms with Gasteiger partial charge in [-0.15, -0.1) is 0 Å². The van der Waals surface area contributed by atoms with Crippen molar-refractivity contribution in [1.29, 1.82) is 0 Å². The van der Waals surface area contributed by atoms with Crippen LogP contribution in [0.15, 0.2) is 60.7 Å². The monoisotopic (exact) mass is 474 g/mol. The fraction of sp³-hybridized carbons (Fsp3) is 0.393. The van der Waals surface area contributed by atoms with Gasteiger partial charge in [-0.05, 0) is 54.4 Å². The van der Waals surface area contributed by atoms with Gasteiger partial charge in [-0.1, -0.05) is 60.7 Å². The lowest BCUT2D eigenvalue weighted by atomic mass is 9.91. The number of amides is 2. The van der Waals surface area contributed by atoms with Gasteiger partial charge in [0.25, 0.3) is 0 Å². The lowest BCUT2D eigenvalue weighted by Crippen LogP contribution is -2.41. The van der Waals surface area contributed by atoms with Gasteiger partial charge in [0, 0.05) is 23.9 Å². The van der Waals surface area contributed by atoms with Gasteiger partial charge in [0.15, 0.2) is 0 Å². The van der Waals surface area contributed by atoms with Crippen LogP contribution in [0.25, 0.3) is 11.1 Å². The van der Waals surface area contributed by atoms with Crippen molar-refractivity contribution in [3.8, 4) is 11.1 Å². The Balaban J connectivity index is 1.11. The first-order valence-electron chi connectivity index (χ1n) is 12.3. The molecule has 0 heterocycles. The molecule has 3 aliphatic carbocycles. The smallest absolute Gasteiger partial charge is 0.407 e. The van der Waals surface area contributed by atoms with Crippen LogP contribution in [0.1, 0.15) is 49.1 Å². The Bertz CT molecular complexity index is 1110. The molecule has 7 nitrogen and oxygen atoms in total. The van der Waals surface area contributed by atoms with E-state index in [1.165, 1.54) is 22.3 Å². The first kappa shape index (κ1) is 23.1. The molecule has 0 aliphatic heterocycles. The van der Waals surface area contributed by atoms with Crippen LogP contribution in [0.2, 0.25) is 0 Å². The second-order valence-corrected chi connectivity index (χ2v) is 9.73. The van der Waals surface area contributed by atoms with E-state index in [9.17, 15) is 19.5 Å². The van der Waals surface area contributed by atoms with Crippen LogP contribution >= 0.6 is 0 Å². The summed E-state index contributed by atoms with van der Waals surface area (Å²) in [7, 11) is 0. The van der Waals surface area contributed by atoms with E-state index in [0.717, 1.165) is 0 Å². The molecule has 3 N–H and O–H groups in total. The molecule has 0 bridgehead atoms. The Kier molecular flexibility index (Phi) is 6.57. The number of ether oxygens (including phenoxy) is 1. The van der Waals surface area contributed by atoms with Crippen LogP contribution in [0.3, 0.4) is 0 Å². The molecular formula is C28H30N2O5. The van der Waals surface area contributed by atoms with E-state index in [2.05, 4.69) is 34.9 Å². The normalized spacial score (nSPS) is 24.9. The zero-order chi connectivity index (χ0) is 24.4. The maximum absolute atomic E-state index is 12.7. The number of carbonyl (C=O) groups is 3. The van der Waals surface area contributed by atoms with Gasteiger partial charge < -0.3 is 20.5 Å². The van der Waals surface area contributed by atoms with E-state index < -0.39 is 18.0 Å². The Hall–Kier alpha value is -3.61. The summed E-state index contributed by atoms with van der Waals surface area (Å²) in [5.74, 6) is -1.57. The van der Waals surface area contributed by atoms with E-state index in [-0.39, 0.29) is 36.4 Å². The summed E-state index contributed by atoms with van der Waals surface area (Å²) in [5, 5.41) is 15.1. The van der Waals surface area contributed by atoms with Gasteiger partial charge >= 0.3 is 12.1 Å². The van der Waals surface area contributed by atoms with Crippen LogP contribution in [0.5, 0.6) is 0 Å². The molecule has 1 saturated carbocycles. The Labute approximate surface area is 204 Å². The number of aliphatic carboxylic acids is 1. The third kappa shape index (κ3) is 4.94. The van der Waals surface area contributed by atoms with Crippen molar-refractivity contribution in [3.05, 3.63) is 71.8 Å². The topological polar surface area (TPSA) is 105 Å². The number of fused-ring (bicyclic) bond motifs is 3. The highest BCUT2D eigenvalue weighted by molar-refractivity contribution is 5.80. The molecule has 2 aromatic rings. The third-order valence-corrected chi connectivity index (χ3v) is 7.47. The van der Waals surface area contributed by atoms with Gasteiger partial charge in [0.2, 0.25) is 5.91 Å². The summed E-state index contributed by atoms with van der Waals surface area (Å²) in [4.78, 5) is 36.5. The van der Waals surface area contributed by atoms with E-state index in [0.29, 0.717) is 32.1 Å². The lowest BCUT2D eigenvalue weighted by Gasteiger charge is -2.24. The van der Waals surface area contributed by atoms with Crippen molar-refractivity contribution in [1.82, 2.24) is 10.6 Å². The zero-order valence-electron chi connectivity index (χ0n) is 19.5. The molecule has 0 saturated heterocycles. The van der Waals surface area contributed by atoms with Gasteiger partial charge in [-0.3, -0.25) is 9.59 Å². The first-order chi connectivity index (χ1) is 17.0. The van der Waals surface area contributed by atoms with Crippen molar-refractivity contribution in [2.24, 2.45) is 11.8 Å². The number of carboxylic acids is 1. The third-order valence-electron chi connectivity index (χ3n) is 7.47. The van der Waals surface area contributed by atoms with Crippen molar-refractivity contribution < 1.29 is 24.2 Å². The molecule has 1 fully saturated rings. The van der Waals surface area contributed by atoms with Crippen LogP contribution in [0, 0.1) is 11.8 Å². The molecule has 182 valence electrons. The van der Waals surface area contributed by atoms with Gasteiger partial charge in [0.05, 0.1) is 5.92 Å². The lowest BCUT2D eigenvalue weighted by molar-refractivity contribution is -0.142. The van der Waals surface area contributed by atoms with Crippen molar-refractivity contribution >= 4 is 18.0 Å². The quantitative estimate of drug-likeness (QED) is 0.544. The maximum atomic E-state index is 12.7. The highest BCUT2D eigenvalue weighted by Crippen LogP contribution is 2.44. The van der Waals surface area contributed by atoms with E-state index in [4.69, 9.17) is 4.74 Å².